The van der Waals surface area contributed by atoms with E-state index in [9.17, 15) is 14.3 Å². The minimum atomic E-state index is -0.959. The number of hydrogen-bond acceptors (Lipinski definition) is 9. The molecule has 7 heterocycles. The number of carbonyl (C=O) groups excluding carboxylic acids is 1. The molecule has 2 bridgehead atoms. The molecule has 13 heteroatoms. The van der Waals surface area contributed by atoms with E-state index in [1.54, 1.807) is 13.0 Å². The number of hydrogen-bond donors (Lipinski definition) is 2. The van der Waals surface area contributed by atoms with E-state index in [4.69, 9.17) is 25.5 Å². The summed E-state index contributed by atoms with van der Waals surface area (Å²) in [5.41, 5.74) is -0.343. The maximum absolute atomic E-state index is 17.7. The fraction of sp³-hybridized carbons (Fsp3) is 0.425. The Morgan fingerprint density at radius 1 is 1.15 bits per heavy atom. The molecule has 5 aliphatic heterocycles. The van der Waals surface area contributed by atoms with Crippen LogP contribution in [-0.2, 0) is 4.79 Å². The lowest BCUT2D eigenvalue weighted by Gasteiger charge is -2.42. The molecular weight excluding hydrogens is 685 g/mol. The maximum atomic E-state index is 17.7. The largest absolute Gasteiger partial charge is 0.508 e. The van der Waals surface area contributed by atoms with Crippen LogP contribution in [0.5, 0.6) is 11.8 Å². The second-order valence-electron chi connectivity index (χ2n) is 15.4. The average molecular weight is 723 g/mol. The number of amides is 1. The third kappa shape index (κ3) is 4.98. The topological polar surface area (TPSA) is 117 Å². The lowest BCUT2D eigenvalue weighted by molar-refractivity contribution is -0.133. The van der Waals surface area contributed by atoms with Crippen LogP contribution >= 0.6 is 0 Å². The average Bonchev–Trinajstić information content (AvgIpc) is 3.60. The van der Waals surface area contributed by atoms with Gasteiger partial charge in [-0.25, -0.2) is 13.2 Å². The lowest BCUT2D eigenvalue weighted by Crippen LogP contribution is -2.57. The van der Waals surface area contributed by atoms with Crippen LogP contribution in [0.3, 0.4) is 0 Å². The van der Waals surface area contributed by atoms with E-state index in [1.165, 1.54) is 24.3 Å². The Bertz CT molecular complexity index is 2410. The highest BCUT2D eigenvalue weighted by Crippen LogP contribution is 2.47. The Kier molecular flexibility index (Phi) is 7.20. The van der Waals surface area contributed by atoms with Gasteiger partial charge in [-0.15, -0.1) is 6.42 Å². The number of furan rings is 1. The number of piperazine rings is 1. The second-order valence-corrected chi connectivity index (χ2v) is 15.4. The fourth-order valence-corrected chi connectivity index (χ4v) is 9.73. The van der Waals surface area contributed by atoms with E-state index in [0.717, 1.165) is 32.2 Å². The number of anilines is 1. The van der Waals surface area contributed by atoms with Crippen molar-refractivity contribution in [2.75, 3.05) is 44.2 Å². The molecule has 5 aromatic rings. The summed E-state index contributed by atoms with van der Waals surface area (Å²) in [6, 6.07) is 7.01. The van der Waals surface area contributed by atoms with Crippen LogP contribution < -0.4 is 15.0 Å². The molecule has 0 saturated carbocycles. The van der Waals surface area contributed by atoms with Crippen LogP contribution in [-0.4, -0.2) is 99.9 Å². The first-order valence-corrected chi connectivity index (χ1v) is 18.3. The summed E-state index contributed by atoms with van der Waals surface area (Å²) in [6.07, 6.45) is 8.57. The number of aryl methyl sites for hydroxylation is 1. The minimum Gasteiger partial charge on any atom is -0.508 e. The molecular formula is C40H37F3N6O4. The molecule has 5 fully saturated rings. The summed E-state index contributed by atoms with van der Waals surface area (Å²) in [5, 5.41) is 15.6. The Morgan fingerprint density at radius 3 is 2.70 bits per heavy atom. The molecule has 10 rings (SSSR count). The third-order valence-corrected chi connectivity index (χ3v) is 12.1. The van der Waals surface area contributed by atoms with E-state index in [0.29, 0.717) is 60.3 Å². The van der Waals surface area contributed by atoms with Gasteiger partial charge in [0, 0.05) is 61.0 Å². The molecule has 0 spiro atoms. The van der Waals surface area contributed by atoms with Gasteiger partial charge in [-0.3, -0.25) is 9.69 Å². The van der Waals surface area contributed by atoms with Crippen molar-refractivity contribution in [3.8, 4) is 35.2 Å². The SMILES string of the molecule is C#Cc1c(F)ccc2cc(O)cc(-c3c(F)c4nc(OC[C@@]56CCCN5C[C@H](F)C6)nc(N5C[C@H]6CC[C@@H](C5)N6C(=O)C5CN5)c4c4cc(C)oc34)c12. The van der Waals surface area contributed by atoms with Crippen molar-refractivity contribution in [3.05, 3.63) is 53.3 Å². The van der Waals surface area contributed by atoms with Gasteiger partial charge in [-0.1, -0.05) is 12.0 Å². The number of ether oxygens (including phenoxy) is 1. The monoisotopic (exact) mass is 722 g/mol. The first kappa shape index (κ1) is 32.6. The zero-order valence-electron chi connectivity index (χ0n) is 29.1. The Balaban J connectivity index is 1.18. The van der Waals surface area contributed by atoms with Crippen molar-refractivity contribution in [1.82, 2.24) is 25.1 Å². The number of terminal acetylenes is 1. The predicted molar refractivity (Wildman–Crippen MR) is 193 cm³/mol. The predicted octanol–water partition coefficient (Wildman–Crippen LogP) is 5.58. The van der Waals surface area contributed by atoms with Gasteiger partial charge in [-0.05, 0) is 68.8 Å². The molecule has 3 aromatic carbocycles. The van der Waals surface area contributed by atoms with E-state index in [2.05, 4.69) is 21.0 Å². The second kappa shape index (κ2) is 11.7. The van der Waals surface area contributed by atoms with Crippen LogP contribution in [0.4, 0.5) is 19.0 Å². The van der Waals surface area contributed by atoms with Gasteiger partial charge in [0.15, 0.2) is 5.82 Å². The maximum Gasteiger partial charge on any atom is 0.319 e. The van der Waals surface area contributed by atoms with Crippen LogP contribution in [0.1, 0.15) is 43.4 Å². The third-order valence-electron chi connectivity index (χ3n) is 12.1. The van der Waals surface area contributed by atoms with Gasteiger partial charge in [0.1, 0.15) is 47.0 Å². The number of nitrogens with one attached hydrogen (secondary N) is 1. The normalized spacial score (nSPS) is 26.5. The number of halogens is 3. The summed E-state index contributed by atoms with van der Waals surface area (Å²) in [7, 11) is 0. The molecule has 2 aromatic heterocycles. The number of carbonyl (C=O) groups is 1. The van der Waals surface area contributed by atoms with Crippen molar-refractivity contribution in [1.29, 1.82) is 0 Å². The number of phenols is 1. The molecule has 53 heavy (non-hydrogen) atoms. The van der Waals surface area contributed by atoms with Crippen LogP contribution in [0, 0.1) is 30.9 Å². The van der Waals surface area contributed by atoms with Gasteiger partial charge in [0.05, 0.1) is 28.1 Å². The summed E-state index contributed by atoms with van der Waals surface area (Å²) in [5.74, 6) is 1.85. The summed E-state index contributed by atoms with van der Waals surface area (Å²) in [4.78, 5) is 29.2. The van der Waals surface area contributed by atoms with Crippen molar-refractivity contribution in [2.24, 2.45) is 0 Å². The molecule has 0 radical (unpaired) electrons. The van der Waals surface area contributed by atoms with Crippen LogP contribution in [0.15, 0.2) is 34.7 Å². The van der Waals surface area contributed by atoms with Crippen molar-refractivity contribution in [3.63, 3.8) is 0 Å². The Morgan fingerprint density at radius 2 is 1.94 bits per heavy atom. The summed E-state index contributed by atoms with van der Waals surface area (Å²) < 4.78 is 60.2. The minimum absolute atomic E-state index is 0.0387. The van der Waals surface area contributed by atoms with Crippen molar-refractivity contribution >= 4 is 44.4 Å². The molecule has 1 amide bonds. The first-order chi connectivity index (χ1) is 25.6. The number of rotatable bonds is 6. The number of benzene rings is 3. The van der Waals surface area contributed by atoms with Crippen LogP contribution in [0.2, 0.25) is 0 Å². The van der Waals surface area contributed by atoms with E-state index in [1.807, 2.05) is 4.90 Å². The number of fused-ring (bicyclic) bond motifs is 7. The van der Waals surface area contributed by atoms with Gasteiger partial charge in [-0.2, -0.15) is 9.97 Å². The smallest absolute Gasteiger partial charge is 0.319 e. The van der Waals surface area contributed by atoms with Crippen LogP contribution in [0.25, 0.3) is 43.8 Å². The number of aromatic nitrogens is 2. The quantitative estimate of drug-likeness (QED) is 0.171. The van der Waals surface area contributed by atoms with Gasteiger partial charge in [0.2, 0.25) is 5.91 Å². The Labute approximate surface area is 302 Å². The number of alkyl halides is 1. The van der Waals surface area contributed by atoms with Gasteiger partial charge in [0.25, 0.3) is 0 Å². The molecule has 0 aliphatic carbocycles. The highest BCUT2D eigenvalue weighted by Gasteiger charge is 2.50. The molecule has 1 unspecified atom stereocenters. The van der Waals surface area contributed by atoms with Crippen molar-refractivity contribution in [2.45, 2.75) is 68.9 Å². The summed E-state index contributed by atoms with van der Waals surface area (Å²) >= 11 is 0. The number of aromatic hydroxyl groups is 1. The van der Waals surface area contributed by atoms with Gasteiger partial charge < -0.3 is 29.4 Å². The standard InChI is InChI=1S/C40H37F3N6O4/c1-3-26-29(42)8-5-21-12-25(50)13-27(31(21)26)32-34(43)35-33(28-11-20(2)53-36(28)32)37(47-17-23-6-7-24(18-47)49(23)38(51)30-15-44-30)46-39(45-35)52-19-40-9-4-10-48(40)16-22(41)14-40/h1,5,8,11-13,22-24,30,44,50H,4,6-7,9-10,14-19H2,2H3/t22-,23-,24+,30?,40+/m1/s1. The fourth-order valence-electron chi connectivity index (χ4n) is 9.73. The highest BCUT2D eigenvalue weighted by molar-refractivity contribution is 6.18. The van der Waals surface area contributed by atoms with E-state index in [-0.39, 0.29) is 75.6 Å². The summed E-state index contributed by atoms with van der Waals surface area (Å²) in [6.45, 7) is 4.66. The molecule has 2 N–H and O–H groups in total. The highest BCUT2D eigenvalue weighted by atomic mass is 19.1. The molecule has 272 valence electrons. The molecule has 10 nitrogen and oxygen atoms in total. The number of nitrogens with zero attached hydrogens (tertiary/aromatic N) is 5. The molecule has 5 saturated heterocycles. The first-order valence-electron chi connectivity index (χ1n) is 18.3. The zero-order chi connectivity index (χ0) is 36.3. The van der Waals surface area contributed by atoms with Crippen molar-refractivity contribution < 1.29 is 32.2 Å². The van der Waals surface area contributed by atoms with E-state index < -0.39 is 23.3 Å². The molecule has 5 atom stereocenters. The van der Waals surface area contributed by atoms with Gasteiger partial charge >= 0.3 is 6.01 Å². The lowest BCUT2D eigenvalue weighted by atomic mass is 9.91. The molecule has 5 aliphatic rings. The zero-order valence-corrected chi connectivity index (χ0v) is 29.1. The Hall–Kier alpha value is -5.06. The van der Waals surface area contributed by atoms with E-state index >= 15 is 8.78 Å². The number of phenolic OH excluding ortho intramolecular Hbond substituents is 1.